The van der Waals surface area contributed by atoms with Crippen LogP contribution in [0.2, 0.25) is 10.0 Å². The van der Waals surface area contributed by atoms with Crippen molar-refractivity contribution < 1.29 is 26.3 Å². The Kier molecular flexibility index (Phi) is 5.64. The number of hydrogen-bond acceptors (Lipinski definition) is 3. The van der Waals surface area contributed by atoms with Crippen LogP contribution in [0.5, 0.6) is 5.75 Å². The molecule has 0 aliphatic heterocycles. The van der Waals surface area contributed by atoms with Crippen LogP contribution in [0.4, 0.5) is 13.2 Å². The van der Waals surface area contributed by atoms with Crippen LogP contribution in [0.3, 0.4) is 0 Å². The van der Waals surface area contributed by atoms with Gasteiger partial charge in [-0.15, -0.1) is 13.2 Å². The Labute approximate surface area is 146 Å². The third-order valence-electron chi connectivity index (χ3n) is 2.81. The second-order valence-corrected chi connectivity index (χ2v) is 7.09. The quantitative estimate of drug-likeness (QED) is 0.811. The van der Waals surface area contributed by atoms with Crippen molar-refractivity contribution in [2.45, 2.75) is 17.8 Å². The summed E-state index contributed by atoms with van der Waals surface area (Å²) in [5, 5.41) is -0.0761. The summed E-state index contributed by atoms with van der Waals surface area (Å²) in [5.74, 6) is -0.400. The topological polar surface area (TPSA) is 55.4 Å². The zero-order valence-corrected chi connectivity index (χ0v) is 14.1. The van der Waals surface area contributed by atoms with Gasteiger partial charge < -0.3 is 4.74 Å². The molecular formula is C14H10Cl2F3NO3S. The van der Waals surface area contributed by atoms with Crippen molar-refractivity contribution in [3.05, 3.63) is 58.1 Å². The number of rotatable bonds is 5. The van der Waals surface area contributed by atoms with Crippen LogP contribution in [-0.2, 0) is 16.6 Å². The summed E-state index contributed by atoms with van der Waals surface area (Å²) in [6.07, 6.45) is -4.79. The molecule has 0 saturated carbocycles. The molecule has 0 unspecified atom stereocenters. The van der Waals surface area contributed by atoms with Gasteiger partial charge in [0.15, 0.2) is 0 Å². The first-order valence-electron chi connectivity index (χ1n) is 6.37. The molecule has 0 bridgehead atoms. The van der Waals surface area contributed by atoms with Crippen molar-refractivity contribution in [1.29, 1.82) is 0 Å². The summed E-state index contributed by atoms with van der Waals surface area (Å²) in [6, 6.07) is 9.04. The lowest BCUT2D eigenvalue weighted by Gasteiger charge is -2.11. The van der Waals surface area contributed by atoms with E-state index in [9.17, 15) is 21.6 Å². The van der Waals surface area contributed by atoms with E-state index in [4.69, 9.17) is 23.2 Å². The van der Waals surface area contributed by atoms with Crippen LogP contribution < -0.4 is 9.46 Å². The second kappa shape index (κ2) is 7.18. The molecule has 0 atom stereocenters. The van der Waals surface area contributed by atoms with Crippen LogP contribution in [0, 0.1) is 0 Å². The lowest BCUT2D eigenvalue weighted by Crippen LogP contribution is -2.24. The van der Waals surface area contributed by atoms with E-state index >= 15 is 0 Å². The molecular weight excluding hydrogens is 390 g/mol. The van der Waals surface area contributed by atoms with E-state index < -0.39 is 22.1 Å². The lowest BCUT2D eigenvalue weighted by atomic mass is 10.2. The smallest absolute Gasteiger partial charge is 0.406 e. The monoisotopic (exact) mass is 399 g/mol. The number of nitrogens with one attached hydrogen (secondary N) is 1. The fourth-order valence-electron chi connectivity index (χ4n) is 1.80. The van der Waals surface area contributed by atoms with Crippen molar-refractivity contribution >= 4 is 33.2 Å². The molecule has 0 aliphatic rings. The molecule has 2 aromatic carbocycles. The minimum atomic E-state index is -4.79. The first-order chi connectivity index (χ1) is 11.1. The summed E-state index contributed by atoms with van der Waals surface area (Å²) < 4.78 is 66.7. The largest absolute Gasteiger partial charge is 0.573 e. The van der Waals surface area contributed by atoms with Crippen LogP contribution in [-0.4, -0.2) is 14.8 Å². The molecule has 2 rings (SSSR count). The molecule has 0 aromatic heterocycles. The summed E-state index contributed by atoms with van der Waals surface area (Å²) in [6.45, 7) is -0.157. The van der Waals surface area contributed by atoms with E-state index in [2.05, 4.69) is 9.46 Å². The van der Waals surface area contributed by atoms with Crippen molar-refractivity contribution in [2.75, 3.05) is 0 Å². The van der Waals surface area contributed by atoms with E-state index in [0.717, 1.165) is 12.1 Å². The standard InChI is InChI=1S/C14H10Cl2F3NO3S/c15-11-2-1-3-12(16)13(11)24(21,22)20-8-9-4-6-10(7-5-9)23-14(17,18)19/h1-7,20H,8H2. The predicted octanol–water partition coefficient (Wildman–Crippen LogP) is 4.37. The summed E-state index contributed by atoms with van der Waals surface area (Å²) in [7, 11) is -3.98. The Morgan fingerprint density at radius 2 is 1.54 bits per heavy atom. The van der Waals surface area contributed by atoms with Gasteiger partial charge in [0.1, 0.15) is 10.6 Å². The molecule has 10 heteroatoms. The highest BCUT2D eigenvalue weighted by Gasteiger charge is 2.31. The van der Waals surface area contributed by atoms with Gasteiger partial charge in [0, 0.05) is 6.54 Å². The summed E-state index contributed by atoms with van der Waals surface area (Å²) in [5.41, 5.74) is 0.427. The average Bonchev–Trinajstić information content (AvgIpc) is 2.44. The molecule has 130 valence electrons. The highest BCUT2D eigenvalue weighted by molar-refractivity contribution is 7.89. The first kappa shape index (κ1) is 18.9. The van der Waals surface area contributed by atoms with Crippen LogP contribution in [0.1, 0.15) is 5.56 Å². The fraction of sp³-hybridized carbons (Fsp3) is 0.143. The van der Waals surface area contributed by atoms with E-state index in [1.54, 1.807) is 0 Å². The fourth-order valence-corrected chi connectivity index (χ4v) is 3.96. The number of alkyl halides is 3. The Morgan fingerprint density at radius 1 is 1.00 bits per heavy atom. The average molecular weight is 400 g/mol. The first-order valence-corrected chi connectivity index (χ1v) is 8.61. The van der Waals surface area contributed by atoms with Crippen molar-refractivity contribution in [3.63, 3.8) is 0 Å². The third-order valence-corrected chi connectivity index (χ3v) is 5.17. The molecule has 0 heterocycles. The zero-order valence-electron chi connectivity index (χ0n) is 11.8. The number of benzene rings is 2. The minimum absolute atomic E-state index is 0.0380. The Morgan fingerprint density at radius 3 is 2.04 bits per heavy atom. The van der Waals surface area contributed by atoms with Gasteiger partial charge in [-0.05, 0) is 29.8 Å². The van der Waals surface area contributed by atoms with Gasteiger partial charge in [0.2, 0.25) is 10.0 Å². The molecule has 0 radical (unpaired) electrons. The van der Waals surface area contributed by atoms with Gasteiger partial charge >= 0.3 is 6.36 Å². The maximum atomic E-state index is 12.2. The minimum Gasteiger partial charge on any atom is -0.406 e. The molecule has 4 nitrogen and oxygen atoms in total. The van der Waals surface area contributed by atoms with Crippen LogP contribution >= 0.6 is 23.2 Å². The molecule has 24 heavy (non-hydrogen) atoms. The van der Waals surface area contributed by atoms with Crippen LogP contribution in [0.25, 0.3) is 0 Å². The van der Waals surface area contributed by atoms with Gasteiger partial charge in [0.05, 0.1) is 10.0 Å². The van der Waals surface area contributed by atoms with Gasteiger partial charge in [-0.3, -0.25) is 0 Å². The molecule has 0 fully saturated rings. The summed E-state index contributed by atoms with van der Waals surface area (Å²) >= 11 is 11.7. The number of sulfonamides is 1. The Balaban J connectivity index is 2.10. The van der Waals surface area contributed by atoms with Crippen molar-refractivity contribution in [1.82, 2.24) is 4.72 Å². The van der Waals surface area contributed by atoms with E-state index in [0.29, 0.717) is 5.56 Å². The highest BCUT2D eigenvalue weighted by atomic mass is 35.5. The van der Waals surface area contributed by atoms with Crippen molar-refractivity contribution in [3.8, 4) is 5.75 Å². The maximum absolute atomic E-state index is 12.2. The zero-order chi connectivity index (χ0) is 18.0. The van der Waals surface area contributed by atoms with E-state index in [1.165, 1.54) is 30.3 Å². The molecule has 0 spiro atoms. The molecule has 1 N–H and O–H groups in total. The molecule has 0 aliphatic carbocycles. The van der Waals surface area contributed by atoms with Crippen LogP contribution in [0.15, 0.2) is 47.4 Å². The molecule has 0 saturated heterocycles. The number of hydrogen-bond donors (Lipinski definition) is 1. The van der Waals surface area contributed by atoms with Gasteiger partial charge in [0.25, 0.3) is 0 Å². The predicted molar refractivity (Wildman–Crippen MR) is 83.6 cm³/mol. The highest BCUT2D eigenvalue weighted by Crippen LogP contribution is 2.29. The number of ether oxygens (including phenoxy) is 1. The Bertz CT molecular complexity index is 804. The normalized spacial score (nSPS) is 12.2. The molecule has 2 aromatic rings. The van der Waals surface area contributed by atoms with E-state index in [1.807, 2.05) is 0 Å². The van der Waals surface area contributed by atoms with Gasteiger partial charge in [-0.1, -0.05) is 41.4 Å². The maximum Gasteiger partial charge on any atom is 0.573 e. The SMILES string of the molecule is O=S(=O)(NCc1ccc(OC(F)(F)F)cc1)c1c(Cl)cccc1Cl. The van der Waals surface area contributed by atoms with Gasteiger partial charge in [-0.25, -0.2) is 13.1 Å². The van der Waals surface area contributed by atoms with Gasteiger partial charge in [-0.2, -0.15) is 0 Å². The third kappa shape index (κ3) is 5.01. The Hall–Kier alpha value is -1.48. The summed E-state index contributed by atoms with van der Waals surface area (Å²) in [4.78, 5) is -0.259. The number of halogens is 5. The lowest BCUT2D eigenvalue weighted by molar-refractivity contribution is -0.274. The molecule has 0 amide bonds. The second-order valence-electron chi connectivity index (χ2n) is 4.57. The van der Waals surface area contributed by atoms with Crippen molar-refractivity contribution in [2.24, 2.45) is 0 Å². The van der Waals surface area contributed by atoms with E-state index in [-0.39, 0.29) is 21.5 Å².